The average Bonchev–Trinajstić information content (AvgIpc) is 3.33. The Balaban J connectivity index is 0.000000237. The van der Waals surface area contributed by atoms with E-state index in [1.54, 1.807) is 6.92 Å². The third-order valence-electron chi connectivity index (χ3n) is 10.3. The van der Waals surface area contributed by atoms with E-state index in [0.717, 1.165) is 48.5 Å². The fraction of sp³-hybridized carbons (Fsp3) is 0.0400. The van der Waals surface area contributed by atoms with Gasteiger partial charge >= 0.3 is 65.7 Å². The van der Waals surface area contributed by atoms with Crippen LogP contribution in [0.1, 0.15) is 147 Å². The topological polar surface area (TPSA) is 427 Å². The van der Waals surface area contributed by atoms with Crippen LogP contribution in [0.5, 0.6) is 0 Å². The second-order valence-electron chi connectivity index (χ2n) is 14.8. The molecule has 0 saturated carbocycles. The molecule has 0 spiro atoms. The zero-order valence-corrected chi connectivity index (χ0v) is 36.9. The van der Waals surface area contributed by atoms with E-state index in [9.17, 15) is 72.9 Å². The molecule has 0 atom stereocenters. The first-order chi connectivity index (χ1) is 34.2. The van der Waals surface area contributed by atoms with Crippen molar-refractivity contribution in [1.82, 2.24) is 0 Å². The molecule has 0 aliphatic rings. The summed E-state index contributed by atoms with van der Waals surface area (Å²) in [6.45, 7) is 1.56. The third-order valence-corrected chi connectivity index (χ3v) is 10.3. The molecule has 0 amide bonds. The van der Waals surface area contributed by atoms with E-state index in [1.807, 2.05) is 0 Å². The van der Waals surface area contributed by atoms with Crippen LogP contribution in [0.2, 0.25) is 0 Å². The summed E-state index contributed by atoms with van der Waals surface area (Å²) in [4.78, 5) is 136. The second-order valence-corrected chi connectivity index (χ2v) is 14.8. The SMILES string of the molecule is Cc1ccc(C(=O)c2cccc(C(=O)O)c2C(=O)O)cc1C(=O)O.O=C(O)c1ccc(-c2cccc(C(=O)O)c2C(=O)O)cc1C(=O)O.O=C(O)c1ccc(Cc2cccc(C(=O)O)c2C(=O)O)cc1C(=O)O. The van der Waals surface area contributed by atoms with E-state index >= 15 is 0 Å². The van der Waals surface area contributed by atoms with Gasteiger partial charge in [-0.1, -0.05) is 60.7 Å². The number of carboxylic acid groups (broad SMARTS) is 11. The monoisotopic (exact) mass is 1000 g/mol. The molecule has 6 aromatic carbocycles. The number of aromatic carboxylic acids is 11. The van der Waals surface area contributed by atoms with Gasteiger partial charge in [-0.3, -0.25) is 4.79 Å². The van der Waals surface area contributed by atoms with Crippen LogP contribution in [0.25, 0.3) is 11.1 Å². The van der Waals surface area contributed by atoms with Crippen molar-refractivity contribution in [1.29, 1.82) is 0 Å². The molecule has 0 aromatic heterocycles. The zero-order chi connectivity index (χ0) is 54.8. The van der Waals surface area contributed by atoms with Crippen LogP contribution in [0, 0.1) is 6.92 Å². The smallest absolute Gasteiger partial charge is 0.337 e. The van der Waals surface area contributed by atoms with E-state index in [4.69, 9.17) is 40.9 Å². The van der Waals surface area contributed by atoms with Gasteiger partial charge in [-0.15, -0.1) is 0 Å². The molecule has 6 rings (SSSR count). The van der Waals surface area contributed by atoms with Crippen LogP contribution >= 0.6 is 0 Å². The molecule has 23 nitrogen and oxygen atoms in total. The quantitative estimate of drug-likeness (QED) is 0.0458. The number of carbonyl (C=O) groups excluding carboxylic acids is 1. The lowest BCUT2D eigenvalue weighted by Gasteiger charge is -2.11. The van der Waals surface area contributed by atoms with Crippen LogP contribution in [0.15, 0.2) is 109 Å². The fourth-order valence-electron chi connectivity index (χ4n) is 7.04. The molecule has 0 bridgehead atoms. The van der Waals surface area contributed by atoms with Crippen molar-refractivity contribution in [2.24, 2.45) is 0 Å². The predicted molar refractivity (Wildman–Crippen MR) is 245 cm³/mol. The van der Waals surface area contributed by atoms with E-state index in [1.165, 1.54) is 60.7 Å². The molecular formula is C50H34O23. The van der Waals surface area contributed by atoms with Gasteiger partial charge in [0, 0.05) is 11.1 Å². The molecule has 0 heterocycles. The number of aryl methyl sites for hydroxylation is 1. The van der Waals surface area contributed by atoms with Gasteiger partial charge in [-0.2, -0.15) is 0 Å². The van der Waals surface area contributed by atoms with Gasteiger partial charge in [-0.05, 0) is 89.7 Å². The predicted octanol–water partition coefficient (Wildman–Crippen LogP) is 6.54. The lowest BCUT2D eigenvalue weighted by atomic mass is 9.93. The minimum atomic E-state index is -1.55. The number of hydrogen-bond acceptors (Lipinski definition) is 12. The molecule has 0 aliphatic heterocycles. The van der Waals surface area contributed by atoms with E-state index < -0.39 is 122 Å². The Hall–Kier alpha value is -10.8. The Labute approximate surface area is 407 Å². The highest BCUT2D eigenvalue weighted by Gasteiger charge is 2.27. The normalized spacial score (nSPS) is 10.2. The summed E-state index contributed by atoms with van der Waals surface area (Å²) in [5.74, 6) is -16.6. The Morgan fingerprint density at radius 1 is 0.329 bits per heavy atom. The fourth-order valence-corrected chi connectivity index (χ4v) is 7.04. The summed E-state index contributed by atoms with van der Waals surface area (Å²) in [7, 11) is 0. The van der Waals surface area contributed by atoms with Gasteiger partial charge in [0.25, 0.3) is 0 Å². The zero-order valence-electron chi connectivity index (χ0n) is 36.9. The summed E-state index contributed by atoms with van der Waals surface area (Å²) in [5.41, 5.74) is -4.15. The summed E-state index contributed by atoms with van der Waals surface area (Å²) < 4.78 is 0. The van der Waals surface area contributed by atoms with Crippen molar-refractivity contribution in [2.75, 3.05) is 0 Å². The lowest BCUT2D eigenvalue weighted by Crippen LogP contribution is -2.16. The molecule has 23 heteroatoms. The third kappa shape index (κ3) is 12.6. The average molecular weight is 1000 g/mol. The van der Waals surface area contributed by atoms with E-state index in [2.05, 4.69) is 0 Å². The molecule has 0 radical (unpaired) electrons. The first-order valence-electron chi connectivity index (χ1n) is 20.1. The molecule has 0 unspecified atom stereocenters. The molecule has 0 fully saturated rings. The summed E-state index contributed by atoms with van der Waals surface area (Å²) >= 11 is 0. The number of carboxylic acids is 11. The lowest BCUT2D eigenvalue weighted by molar-refractivity contribution is 0.0649. The number of ketones is 1. The van der Waals surface area contributed by atoms with Crippen molar-refractivity contribution in [2.45, 2.75) is 13.3 Å². The van der Waals surface area contributed by atoms with Gasteiger partial charge in [0.15, 0.2) is 5.78 Å². The van der Waals surface area contributed by atoms with Gasteiger partial charge < -0.3 is 56.2 Å². The van der Waals surface area contributed by atoms with Crippen molar-refractivity contribution in [3.05, 3.63) is 198 Å². The number of benzene rings is 6. The van der Waals surface area contributed by atoms with Gasteiger partial charge in [0.05, 0.1) is 61.2 Å². The van der Waals surface area contributed by atoms with Crippen molar-refractivity contribution < 1.29 is 114 Å². The van der Waals surface area contributed by atoms with Crippen LogP contribution in [-0.4, -0.2) is 128 Å². The Morgan fingerprint density at radius 2 is 0.740 bits per heavy atom. The van der Waals surface area contributed by atoms with Gasteiger partial charge in [-0.25, -0.2) is 52.7 Å². The molecular weight excluding hydrogens is 969 g/mol. The first kappa shape index (κ1) is 54.8. The highest BCUT2D eigenvalue weighted by atomic mass is 16.4. The molecule has 372 valence electrons. The summed E-state index contributed by atoms with van der Waals surface area (Å²) in [5, 5.41) is 101. The maximum Gasteiger partial charge on any atom is 0.337 e. The van der Waals surface area contributed by atoms with Crippen LogP contribution in [0.4, 0.5) is 0 Å². The second kappa shape index (κ2) is 23.0. The largest absolute Gasteiger partial charge is 0.478 e. The maximum absolute atomic E-state index is 12.6. The van der Waals surface area contributed by atoms with Gasteiger partial charge in [0.2, 0.25) is 0 Å². The first-order valence-corrected chi connectivity index (χ1v) is 20.1. The van der Waals surface area contributed by atoms with Gasteiger partial charge in [0.1, 0.15) is 0 Å². The van der Waals surface area contributed by atoms with E-state index in [-0.39, 0.29) is 45.4 Å². The number of hydrogen-bond donors (Lipinski definition) is 11. The molecule has 11 N–H and O–H groups in total. The minimum Gasteiger partial charge on any atom is -0.478 e. The summed E-state index contributed by atoms with van der Waals surface area (Å²) in [6.07, 6.45) is -0.0665. The maximum atomic E-state index is 12.6. The Morgan fingerprint density at radius 3 is 1.22 bits per heavy atom. The molecule has 73 heavy (non-hydrogen) atoms. The summed E-state index contributed by atoms with van der Waals surface area (Å²) in [6, 6.07) is 22.0. The highest BCUT2D eigenvalue weighted by Crippen LogP contribution is 2.29. The van der Waals surface area contributed by atoms with E-state index in [0.29, 0.717) is 11.1 Å². The van der Waals surface area contributed by atoms with Crippen molar-refractivity contribution in [3.63, 3.8) is 0 Å². The Kier molecular flexibility index (Phi) is 17.2. The number of rotatable bonds is 16. The highest BCUT2D eigenvalue weighted by molar-refractivity contribution is 6.17. The standard InChI is InChI=1S/C17H12O8.C17H12O7.C16H10O8/c18-14(19)10-5-4-8(7-12(10)16(22)23)6-9-2-1-3-11(15(20)21)13(9)17(24)25;1-8-5-6-9(7-12(8)16(21)22)14(18)10-3-2-4-11(15(19)20)13(10)17(23)24;17-13(18)9-5-4-7(6-11(9)15(21)22)8-2-1-3-10(14(19)20)12(8)16(23)24/h1-5,7H,6H2,(H,18,19)(H,20,21)(H,22,23)(H,24,25);2-7H,1H3,(H,19,20)(H,21,22)(H,23,24);1-6H,(H,17,18)(H,19,20)(H,21,22)(H,23,24). The van der Waals surface area contributed by atoms with Crippen molar-refractivity contribution >= 4 is 71.4 Å². The van der Waals surface area contributed by atoms with Crippen LogP contribution in [-0.2, 0) is 6.42 Å². The molecule has 6 aromatic rings. The Bertz CT molecular complexity index is 3360. The van der Waals surface area contributed by atoms with Crippen LogP contribution in [0.3, 0.4) is 0 Å². The number of carbonyl (C=O) groups is 12. The molecule has 0 aliphatic carbocycles. The van der Waals surface area contributed by atoms with Crippen LogP contribution < -0.4 is 0 Å². The minimum absolute atomic E-state index is 0.0261. The van der Waals surface area contributed by atoms with Crippen molar-refractivity contribution in [3.8, 4) is 11.1 Å². The molecule has 0 saturated heterocycles.